The number of halogens is 2. The molecule has 5 nitrogen and oxygen atoms in total. The summed E-state index contributed by atoms with van der Waals surface area (Å²) in [5, 5.41) is 6.10. The predicted octanol–water partition coefficient (Wildman–Crippen LogP) is 3.59. The molecule has 0 aliphatic carbocycles. The molecule has 0 fully saturated rings. The highest BCUT2D eigenvalue weighted by Gasteiger charge is 2.07. The van der Waals surface area contributed by atoms with Crippen LogP contribution in [0.5, 0.6) is 5.75 Å². The molecule has 0 saturated heterocycles. The van der Waals surface area contributed by atoms with E-state index < -0.39 is 11.7 Å². The Bertz CT molecular complexity index is 722. The summed E-state index contributed by atoms with van der Waals surface area (Å²) in [6.07, 6.45) is 1.44. The number of nitrogens with zero attached hydrogens (tertiary/aromatic N) is 1. The lowest BCUT2D eigenvalue weighted by atomic mass is 10.2. The number of anilines is 1. The third-order valence-electron chi connectivity index (χ3n) is 2.81. The number of rotatable bonds is 6. The van der Waals surface area contributed by atoms with E-state index in [1.54, 1.807) is 25.3 Å². The maximum Gasteiger partial charge on any atom is 0.265 e. The van der Waals surface area contributed by atoms with Gasteiger partial charge >= 0.3 is 0 Å². The highest BCUT2D eigenvalue weighted by molar-refractivity contribution is 9.10. The van der Waals surface area contributed by atoms with Gasteiger partial charge in [0, 0.05) is 10.0 Å². The molecule has 2 aromatic carbocycles. The molecule has 0 aliphatic heterocycles. The normalized spacial score (nSPS) is 10.6. The van der Waals surface area contributed by atoms with Gasteiger partial charge in [0.2, 0.25) is 0 Å². The van der Waals surface area contributed by atoms with E-state index in [0.29, 0.717) is 10.2 Å². The van der Waals surface area contributed by atoms with Crippen LogP contribution in [-0.2, 0) is 9.63 Å². The van der Waals surface area contributed by atoms with Gasteiger partial charge in [-0.15, -0.1) is 0 Å². The van der Waals surface area contributed by atoms with Gasteiger partial charge in [-0.05, 0) is 30.3 Å². The van der Waals surface area contributed by atoms with Crippen LogP contribution in [0.25, 0.3) is 0 Å². The van der Waals surface area contributed by atoms with E-state index in [1.165, 1.54) is 18.3 Å². The smallest absolute Gasteiger partial charge is 0.265 e. The van der Waals surface area contributed by atoms with Crippen LogP contribution >= 0.6 is 15.9 Å². The molecule has 2 rings (SSSR count). The van der Waals surface area contributed by atoms with Crippen LogP contribution in [0, 0.1) is 5.82 Å². The molecule has 0 atom stereocenters. The van der Waals surface area contributed by atoms with Crippen molar-refractivity contribution < 1.29 is 18.8 Å². The largest absolute Gasteiger partial charge is 0.496 e. The first-order valence-electron chi connectivity index (χ1n) is 6.63. The molecule has 0 saturated carbocycles. The molecule has 0 spiro atoms. The molecule has 7 heteroatoms. The van der Waals surface area contributed by atoms with Crippen LogP contribution < -0.4 is 10.1 Å². The lowest BCUT2D eigenvalue weighted by molar-refractivity contribution is -0.120. The quantitative estimate of drug-likeness (QED) is 0.615. The Balaban J connectivity index is 1.86. The first-order chi connectivity index (χ1) is 11.1. The van der Waals surface area contributed by atoms with Gasteiger partial charge in [0.1, 0.15) is 11.6 Å². The van der Waals surface area contributed by atoms with Gasteiger partial charge in [-0.25, -0.2) is 4.39 Å². The first-order valence-corrected chi connectivity index (χ1v) is 7.42. The summed E-state index contributed by atoms with van der Waals surface area (Å²) < 4.78 is 19.3. The number of oxime groups is 1. The van der Waals surface area contributed by atoms with Crippen molar-refractivity contribution in [2.45, 2.75) is 0 Å². The SMILES string of the molecule is COc1ccccc1/C=N\OCC(=O)Nc1ccc(Br)cc1F. The Hall–Kier alpha value is -2.41. The summed E-state index contributed by atoms with van der Waals surface area (Å²) in [6, 6.07) is 11.6. The minimum Gasteiger partial charge on any atom is -0.496 e. The van der Waals surface area contributed by atoms with Gasteiger partial charge < -0.3 is 14.9 Å². The number of amides is 1. The Morgan fingerprint density at radius 1 is 1.35 bits per heavy atom. The van der Waals surface area contributed by atoms with Gasteiger partial charge in [0.15, 0.2) is 6.61 Å². The fourth-order valence-electron chi connectivity index (χ4n) is 1.74. The highest BCUT2D eigenvalue weighted by Crippen LogP contribution is 2.19. The molecule has 1 N–H and O–H groups in total. The average Bonchev–Trinajstić information content (AvgIpc) is 2.54. The number of carbonyl (C=O) groups excluding carboxylic acids is 1. The molecule has 23 heavy (non-hydrogen) atoms. The third kappa shape index (κ3) is 5.07. The molecule has 1 amide bonds. The van der Waals surface area contributed by atoms with Crippen molar-refractivity contribution in [2.24, 2.45) is 5.16 Å². The number of hydrogen-bond acceptors (Lipinski definition) is 4. The first kappa shape index (κ1) is 17.0. The second-order valence-corrected chi connectivity index (χ2v) is 5.34. The van der Waals surface area contributed by atoms with Gasteiger partial charge in [-0.3, -0.25) is 4.79 Å². The number of methoxy groups -OCH3 is 1. The third-order valence-corrected chi connectivity index (χ3v) is 3.30. The summed E-state index contributed by atoms with van der Waals surface area (Å²) in [5.74, 6) is -0.408. The Labute approximate surface area is 141 Å². The standard InChI is InChI=1S/C16H14BrFN2O3/c1-22-15-5-3-2-4-11(15)9-19-23-10-16(21)20-14-7-6-12(17)8-13(14)18/h2-9H,10H2,1H3,(H,20,21)/b19-9-. The second-order valence-electron chi connectivity index (χ2n) is 4.42. The van der Waals surface area contributed by atoms with E-state index >= 15 is 0 Å². The zero-order valence-electron chi connectivity index (χ0n) is 12.3. The fourth-order valence-corrected chi connectivity index (χ4v) is 2.07. The zero-order valence-corrected chi connectivity index (χ0v) is 13.8. The molecular weight excluding hydrogens is 367 g/mol. The summed E-state index contributed by atoms with van der Waals surface area (Å²) >= 11 is 3.14. The number of hydrogen-bond donors (Lipinski definition) is 1. The maximum absolute atomic E-state index is 13.6. The van der Waals surface area contributed by atoms with E-state index in [0.717, 1.165) is 5.56 Å². The van der Waals surface area contributed by atoms with Gasteiger partial charge in [-0.2, -0.15) is 0 Å². The molecule has 0 heterocycles. The van der Waals surface area contributed by atoms with Crippen molar-refractivity contribution in [3.8, 4) is 5.75 Å². The molecule has 0 radical (unpaired) electrons. The summed E-state index contributed by atoms with van der Waals surface area (Å²) in [5.41, 5.74) is 0.796. The van der Waals surface area contributed by atoms with Crippen LogP contribution in [0.15, 0.2) is 52.1 Å². The lowest BCUT2D eigenvalue weighted by Crippen LogP contribution is -2.17. The molecule has 0 unspecified atom stereocenters. The summed E-state index contributed by atoms with van der Waals surface area (Å²) in [4.78, 5) is 16.6. The van der Waals surface area contributed by atoms with E-state index in [9.17, 15) is 9.18 Å². The van der Waals surface area contributed by atoms with Crippen LogP contribution in [0.2, 0.25) is 0 Å². The monoisotopic (exact) mass is 380 g/mol. The van der Waals surface area contributed by atoms with E-state index in [2.05, 4.69) is 26.4 Å². The fraction of sp³-hybridized carbons (Fsp3) is 0.125. The average molecular weight is 381 g/mol. The Kier molecular flexibility index (Phi) is 6.10. The van der Waals surface area contributed by atoms with Crippen LogP contribution in [0.3, 0.4) is 0 Å². The van der Waals surface area contributed by atoms with Gasteiger partial charge in [-0.1, -0.05) is 33.2 Å². The van der Waals surface area contributed by atoms with Crippen LogP contribution in [0.1, 0.15) is 5.56 Å². The van der Waals surface area contributed by atoms with Crippen molar-refractivity contribution in [1.29, 1.82) is 0 Å². The zero-order chi connectivity index (χ0) is 16.7. The summed E-state index contributed by atoms with van der Waals surface area (Å²) in [6.45, 7) is -0.332. The van der Waals surface area contributed by atoms with Crippen LogP contribution in [0.4, 0.5) is 10.1 Å². The Morgan fingerprint density at radius 2 is 2.13 bits per heavy atom. The predicted molar refractivity (Wildman–Crippen MR) is 89.3 cm³/mol. The van der Waals surface area contributed by atoms with Crippen molar-refractivity contribution >= 4 is 33.7 Å². The van der Waals surface area contributed by atoms with Crippen molar-refractivity contribution in [2.75, 3.05) is 19.0 Å². The van der Waals surface area contributed by atoms with Gasteiger partial charge in [0.05, 0.1) is 19.0 Å². The number of para-hydroxylation sites is 1. The van der Waals surface area contributed by atoms with E-state index in [-0.39, 0.29) is 12.3 Å². The molecular formula is C16H14BrFN2O3. The molecule has 0 aromatic heterocycles. The number of ether oxygens (including phenoxy) is 1. The minimum atomic E-state index is -0.537. The van der Waals surface area contributed by atoms with Crippen molar-refractivity contribution in [3.05, 3.63) is 58.3 Å². The van der Waals surface area contributed by atoms with Crippen molar-refractivity contribution in [3.63, 3.8) is 0 Å². The molecule has 120 valence electrons. The highest BCUT2D eigenvalue weighted by atomic mass is 79.9. The molecule has 2 aromatic rings. The number of benzene rings is 2. The number of carbonyl (C=O) groups is 1. The minimum absolute atomic E-state index is 0.0792. The van der Waals surface area contributed by atoms with Crippen molar-refractivity contribution in [1.82, 2.24) is 0 Å². The van der Waals surface area contributed by atoms with E-state index in [1.807, 2.05) is 12.1 Å². The maximum atomic E-state index is 13.6. The lowest BCUT2D eigenvalue weighted by Gasteiger charge is -2.06. The van der Waals surface area contributed by atoms with E-state index in [4.69, 9.17) is 9.57 Å². The van der Waals surface area contributed by atoms with Gasteiger partial charge in [0.25, 0.3) is 5.91 Å². The Morgan fingerprint density at radius 3 is 2.87 bits per heavy atom. The molecule has 0 bridgehead atoms. The topological polar surface area (TPSA) is 59.9 Å². The van der Waals surface area contributed by atoms with Crippen LogP contribution in [-0.4, -0.2) is 25.8 Å². The molecule has 0 aliphatic rings. The second kappa shape index (κ2) is 8.28. The number of nitrogens with one attached hydrogen (secondary N) is 1. The summed E-state index contributed by atoms with van der Waals surface area (Å²) in [7, 11) is 1.55.